The lowest BCUT2D eigenvalue weighted by atomic mass is 10.3. The van der Waals surface area contributed by atoms with Crippen molar-refractivity contribution in [3.8, 4) is 0 Å². The zero-order valence-corrected chi connectivity index (χ0v) is 10.6. The molecule has 0 radical (unpaired) electrons. The quantitative estimate of drug-likeness (QED) is 0.836. The molecule has 0 aliphatic carbocycles. The molecule has 6 heteroatoms. The molecule has 0 aromatic carbocycles. The van der Waals surface area contributed by atoms with Crippen molar-refractivity contribution < 1.29 is 4.79 Å². The zero-order chi connectivity index (χ0) is 10.7. The van der Waals surface area contributed by atoms with Crippen molar-refractivity contribution in [3.05, 3.63) is 11.4 Å². The summed E-state index contributed by atoms with van der Waals surface area (Å²) in [7, 11) is 1.85. The van der Waals surface area contributed by atoms with E-state index in [-0.39, 0.29) is 18.3 Å². The monoisotopic (exact) mass is 251 g/mol. The van der Waals surface area contributed by atoms with E-state index in [9.17, 15) is 4.79 Å². The molecule has 1 heterocycles. The molecule has 1 rings (SSSR count). The van der Waals surface area contributed by atoms with Gasteiger partial charge in [-0.1, -0.05) is 0 Å². The average Bonchev–Trinajstić information content (AvgIpc) is 2.33. The average molecular weight is 252 g/mol. The number of hydrogen-bond acceptors (Lipinski definition) is 2. The summed E-state index contributed by atoms with van der Waals surface area (Å²) in [6.07, 6.45) is 0.329. The number of alkyl halides is 1. The molecule has 1 N–H and O–H groups in total. The van der Waals surface area contributed by atoms with Crippen LogP contribution in [-0.4, -0.2) is 21.6 Å². The van der Waals surface area contributed by atoms with Crippen molar-refractivity contribution in [3.63, 3.8) is 0 Å². The summed E-state index contributed by atoms with van der Waals surface area (Å²) in [6, 6.07) is 0. The van der Waals surface area contributed by atoms with Crippen molar-refractivity contribution in [2.75, 3.05) is 11.2 Å². The van der Waals surface area contributed by atoms with Crippen LogP contribution in [0.1, 0.15) is 17.8 Å². The predicted molar refractivity (Wildman–Crippen MR) is 63.9 cm³/mol. The molecule has 0 saturated carbocycles. The summed E-state index contributed by atoms with van der Waals surface area (Å²) >= 11 is 5.47. The topological polar surface area (TPSA) is 46.9 Å². The smallest absolute Gasteiger partial charge is 0.225 e. The second-order valence-corrected chi connectivity index (χ2v) is 3.53. The predicted octanol–water partition coefficient (Wildman–Crippen LogP) is 2.03. The van der Waals surface area contributed by atoms with Crippen LogP contribution in [0.2, 0.25) is 0 Å². The molecule has 86 valence electrons. The number of amides is 1. The number of anilines is 1. The molecule has 0 atom stereocenters. The van der Waals surface area contributed by atoms with Gasteiger partial charge in [0.05, 0.1) is 17.1 Å². The second kappa shape index (κ2) is 5.98. The molecule has 4 nitrogen and oxygen atoms in total. The Labute approximate surface area is 100 Å². The molecule has 0 saturated heterocycles. The van der Waals surface area contributed by atoms with Crippen LogP contribution < -0.4 is 5.32 Å². The van der Waals surface area contributed by atoms with Crippen LogP contribution in [0.3, 0.4) is 0 Å². The van der Waals surface area contributed by atoms with E-state index in [0.29, 0.717) is 12.3 Å². The fourth-order valence-electron chi connectivity index (χ4n) is 1.24. The zero-order valence-electron chi connectivity index (χ0n) is 9.00. The van der Waals surface area contributed by atoms with E-state index < -0.39 is 0 Å². The Morgan fingerprint density at radius 2 is 2.13 bits per heavy atom. The van der Waals surface area contributed by atoms with Crippen molar-refractivity contribution >= 4 is 35.6 Å². The molecule has 1 aromatic rings. The molecule has 0 aliphatic heterocycles. The molecular weight excluding hydrogens is 237 g/mol. The highest BCUT2D eigenvalue weighted by molar-refractivity contribution is 6.19. The fourth-order valence-corrected chi connectivity index (χ4v) is 1.41. The molecule has 0 spiro atoms. The van der Waals surface area contributed by atoms with Crippen molar-refractivity contribution in [2.45, 2.75) is 20.3 Å². The van der Waals surface area contributed by atoms with Gasteiger partial charge in [-0.05, 0) is 13.8 Å². The molecule has 0 unspecified atom stereocenters. The van der Waals surface area contributed by atoms with E-state index in [2.05, 4.69) is 10.4 Å². The first kappa shape index (κ1) is 14.3. The molecule has 0 bridgehead atoms. The lowest BCUT2D eigenvalue weighted by Crippen LogP contribution is -2.12. The minimum atomic E-state index is -0.0702. The largest absolute Gasteiger partial charge is 0.323 e. The Kier molecular flexibility index (Phi) is 5.68. The minimum Gasteiger partial charge on any atom is -0.323 e. The van der Waals surface area contributed by atoms with Crippen molar-refractivity contribution in [1.29, 1.82) is 0 Å². The second-order valence-electron chi connectivity index (χ2n) is 3.16. The van der Waals surface area contributed by atoms with Gasteiger partial charge in [-0.25, -0.2) is 0 Å². The summed E-state index contributed by atoms with van der Waals surface area (Å²) < 4.78 is 1.74. The normalized spacial score (nSPS) is 9.60. The lowest BCUT2D eigenvalue weighted by molar-refractivity contribution is -0.115. The number of nitrogens with zero attached hydrogens (tertiary/aromatic N) is 2. The SMILES string of the molecule is Cc1nn(C)c(C)c1NC(=O)CCCl.Cl. The molecular formula is C9H15Cl2N3O. The maximum absolute atomic E-state index is 11.3. The third-order valence-corrected chi connectivity index (χ3v) is 2.28. The number of nitrogens with one attached hydrogen (secondary N) is 1. The summed E-state index contributed by atoms with van der Waals surface area (Å²) in [6.45, 7) is 3.78. The molecule has 1 amide bonds. The van der Waals surface area contributed by atoms with Gasteiger partial charge in [0.1, 0.15) is 0 Å². The van der Waals surface area contributed by atoms with Gasteiger partial charge in [0.15, 0.2) is 0 Å². The number of halogens is 2. The fraction of sp³-hybridized carbons (Fsp3) is 0.556. The first-order chi connectivity index (χ1) is 6.56. The van der Waals surface area contributed by atoms with E-state index in [4.69, 9.17) is 11.6 Å². The van der Waals surface area contributed by atoms with Crippen LogP contribution in [0, 0.1) is 13.8 Å². The molecule has 15 heavy (non-hydrogen) atoms. The minimum absolute atomic E-state index is 0. The highest BCUT2D eigenvalue weighted by Crippen LogP contribution is 2.18. The van der Waals surface area contributed by atoms with Crippen molar-refractivity contribution in [2.24, 2.45) is 7.05 Å². The van der Waals surface area contributed by atoms with Crippen molar-refractivity contribution in [1.82, 2.24) is 9.78 Å². The van der Waals surface area contributed by atoms with Gasteiger partial charge in [-0.15, -0.1) is 24.0 Å². The molecule has 1 aromatic heterocycles. The van der Waals surface area contributed by atoms with E-state index in [0.717, 1.165) is 17.1 Å². The Morgan fingerprint density at radius 3 is 2.53 bits per heavy atom. The number of aryl methyl sites for hydroxylation is 2. The van der Waals surface area contributed by atoms with Crippen LogP contribution in [0.5, 0.6) is 0 Å². The van der Waals surface area contributed by atoms with Gasteiger partial charge < -0.3 is 5.32 Å². The number of aromatic nitrogens is 2. The van der Waals surface area contributed by atoms with E-state index in [1.807, 2.05) is 20.9 Å². The van der Waals surface area contributed by atoms with Crippen LogP contribution in [0.25, 0.3) is 0 Å². The Morgan fingerprint density at radius 1 is 1.53 bits per heavy atom. The van der Waals surface area contributed by atoms with Crippen LogP contribution >= 0.6 is 24.0 Å². The standard InChI is InChI=1S/C9H14ClN3O.ClH/c1-6-9(7(2)13(3)12-6)11-8(14)4-5-10;/h4-5H2,1-3H3,(H,11,14);1H. The Hall–Kier alpha value is -0.740. The number of carbonyl (C=O) groups is 1. The number of rotatable bonds is 3. The van der Waals surface area contributed by atoms with Gasteiger partial charge in [0.2, 0.25) is 5.91 Å². The van der Waals surface area contributed by atoms with Crippen LogP contribution in [-0.2, 0) is 11.8 Å². The summed E-state index contributed by atoms with van der Waals surface area (Å²) in [5.41, 5.74) is 2.57. The Bertz CT molecular complexity index is 349. The summed E-state index contributed by atoms with van der Waals surface area (Å²) in [5, 5.41) is 6.99. The third kappa shape index (κ3) is 3.39. The van der Waals surface area contributed by atoms with Crippen LogP contribution in [0.15, 0.2) is 0 Å². The van der Waals surface area contributed by atoms with Gasteiger partial charge in [-0.2, -0.15) is 5.10 Å². The molecule has 0 aliphatic rings. The first-order valence-electron chi connectivity index (χ1n) is 4.42. The van der Waals surface area contributed by atoms with Gasteiger partial charge in [0, 0.05) is 19.3 Å². The maximum Gasteiger partial charge on any atom is 0.225 e. The number of hydrogen-bond donors (Lipinski definition) is 1. The summed E-state index contributed by atoms with van der Waals surface area (Å²) in [4.78, 5) is 11.3. The number of carbonyl (C=O) groups excluding carboxylic acids is 1. The van der Waals surface area contributed by atoms with E-state index in [1.54, 1.807) is 4.68 Å². The van der Waals surface area contributed by atoms with Gasteiger partial charge in [-0.3, -0.25) is 9.48 Å². The molecule has 0 fully saturated rings. The Balaban J connectivity index is 0.00000196. The van der Waals surface area contributed by atoms with E-state index in [1.165, 1.54) is 0 Å². The first-order valence-corrected chi connectivity index (χ1v) is 4.95. The van der Waals surface area contributed by atoms with Gasteiger partial charge in [0.25, 0.3) is 0 Å². The highest BCUT2D eigenvalue weighted by Gasteiger charge is 2.11. The summed E-state index contributed by atoms with van der Waals surface area (Å²) in [5.74, 6) is 0.267. The van der Waals surface area contributed by atoms with E-state index >= 15 is 0 Å². The highest BCUT2D eigenvalue weighted by atomic mass is 35.5. The maximum atomic E-state index is 11.3. The van der Waals surface area contributed by atoms with Crippen LogP contribution in [0.4, 0.5) is 5.69 Å². The van der Waals surface area contributed by atoms with Gasteiger partial charge >= 0.3 is 0 Å². The third-order valence-electron chi connectivity index (χ3n) is 2.09. The lowest BCUT2D eigenvalue weighted by Gasteiger charge is -2.03.